The molecule has 0 aliphatic carbocycles. The van der Waals surface area contributed by atoms with Gasteiger partial charge in [0.25, 0.3) is 11.5 Å². The van der Waals surface area contributed by atoms with E-state index in [1.54, 1.807) is 12.1 Å². The Morgan fingerprint density at radius 2 is 2.22 bits per heavy atom. The van der Waals surface area contributed by atoms with Crippen molar-refractivity contribution in [1.29, 1.82) is 0 Å². The van der Waals surface area contributed by atoms with E-state index >= 15 is 0 Å². The molecule has 2 aromatic heterocycles. The number of pyridine rings is 1. The number of aliphatic hydroxyl groups is 1. The molecule has 1 fully saturated rings. The number of aromatic nitrogens is 3. The van der Waals surface area contributed by atoms with Crippen LogP contribution in [0.3, 0.4) is 0 Å². The van der Waals surface area contributed by atoms with Crippen molar-refractivity contribution in [2.24, 2.45) is 0 Å². The topological polar surface area (TPSA) is 103 Å². The van der Waals surface area contributed by atoms with Gasteiger partial charge in [-0.1, -0.05) is 0 Å². The van der Waals surface area contributed by atoms with Crippen molar-refractivity contribution in [2.75, 3.05) is 19.7 Å². The van der Waals surface area contributed by atoms with Crippen LogP contribution in [0, 0.1) is 13.8 Å². The Balaban J connectivity index is 1.57. The van der Waals surface area contributed by atoms with Gasteiger partial charge in [0.15, 0.2) is 0 Å². The fraction of sp³-hybridized carbons (Fsp3) is 0.526. The predicted molar refractivity (Wildman–Crippen MR) is 102 cm³/mol. The fourth-order valence-corrected chi connectivity index (χ4v) is 3.59. The van der Waals surface area contributed by atoms with Gasteiger partial charge in [-0.25, -0.2) is 0 Å². The van der Waals surface area contributed by atoms with Gasteiger partial charge in [0.2, 0.25) is 0 Å². The summed E-state index contributed by atoms with van der Waals surface area (Å²) in [5.74, 6) is -0.390. The number of nitrogens with zero attached hydrogens (tertiary/aromatic N) is 3. The molecule has 27 heavy (non-hydrogen) atoms. The quantitative estimate of drug-likeness (QED) is 0.659. The lowest BCUT2D eigenvalue weighted by Gasteiger charge is -2.22. The summed E-state index contributed by atoms with van der Waals surface area (Å²) in [6.45, 7) is 6.44. The van der Waals surface area contributed by atoms with Crippen LogP contribution in [0.4, 0.5) is 0 Å². The molecule has 0 unspecified atom stereocenters. The zero-order chi connectivity index (χ0) is 19.4. The van der Waals surface area contributed by atoms with Crippen molar-refractivity contribution < 1.29 is 9.90 Å². The number of aromatic amines is 1. The van der Waals surface area contributed by atoms with Crippen LogP contribution in [0.15, 0.2) is 23.0 Å². The predicted octanol–water partition coefficient (Wildman–Crippen LogP) is 0.575. The standard InChI is InChI=1S/C19H27N5O3/c1-13-10-14(2)24(22-13)9-7-20-18(26)17-6-5-15(21-19(17)27)11-23-8-3-4-16(23)12-25/h5-6,10,16,25H,3-4,7-9,11-12H2,1-2H3,(H,20,26)(H,21,27)/t16-/m0/s1. The number of hydrogen-bond acceptors (Lipinski definition) is 5. The molecular weight excluding hydrogens is 346 g/mol. The van der Waals surface area contributed by atoms with Gasteiger partial charge in [0.05, 0.1) is 18.8 Å². The third-order valence-electron chi connectivity index (χ3n) is 5.01. The number of carbonyl (C=O) groups excluding carboxylic acids is 1. The zero-order valence-corrected chi connectivity index (χ0v) is 15.9. The molecule has 1 aliphatic rings. The highest BCUT2D eigenvalue weighted by molar-refractivity contribution is 5.93. The molecule has 0 spiro atoms. The van der Waals surface area contributed by atoms with Gasteiger partial charge < -0.3 is 15.4 Å². The summed E-state index contributed by atoms with van der Waals surface area (Å²) in [6.07, 6.45) is 2.02. The van der Waals surface area contributed by atoms with E-state index in [2.05, 4.69) is 20.3 Å². The Morgan fingerprint density at radius 3 is 2.89 bits per heavy atom. The molecule has 1 aliphatic heterocycles. The number of likely N-dealkylation sites (tertiary alicyclic amines) is 1. The summed E-state index contributed by atoms with van der Waals surface area (Å²) in [4.78, 5) is 29.5. The Labute approximate surface area is 158 Å². The van der Waals surface area contributed by atoms with Gasteiger partial charge in [-0.2, -0.15) is 5.10 Å². The third kappa shape index (κ3) is 4.64. The van der Waals surface area contributed by atoms with Gasteiger partial charge in [-0.3, -0.25) is 19.2 Å². The van der Waals surface area contributed by atoms with E-state index in [0.717, 1.165) is 36.5 Å². The van der Waals surface area contributed by atoms with Gasteiger partial charge in [-0.05, 0) is 51.4 Å². The first-order chi connectivity index (χ1) is 13.0. The van der Waals surface area contributed by atoms with Crippen LogP contribution in [0.2, 0.25) is 0 Å². The summed E-state index contributed by atoms with van der Waals surface area (Å²) < 4.78 is 1.83. The van der Waals surface area contributed by atoms with Crippen LogP contribution < -0.4 is 10.9 Å². The van der Waals surface area contributed by atoms with E-state index in [1.807, 2.05) is 24.6 Å². The average Bonchev–Trinajstić information content (AvgIpc) is 3.20. The molecular formula is C19H27N5O3. The summed E-state index contributed by atoms with van der Waals surface area (Å²) in [5, 5.41) is 16.5. The Hall–Kier alpha value is -2.45. The molecule has 2 aromatic rings. The lowest BCUT2D eigenvalue weighted by atomic mass is 10.2. The van der Waals surface area contributed by atoms with Crippen molar-refractivity contribution in [3.63, 3.8) is 0 Å². The van der Waals surface area contributed by atoms with Crippen LogP contribution in [0.1, 0.15) is 40.3 Å². The number of nitrogens with one attached hydrogen (secondary N) is 2. The first-order valence-electron chi connectivity index (χ1n) is 9.34. The van der Waals surface area contributed by atoms with Crippen molar-refractivity contribution in [3.8, 4) is 0 Å². The highest BCUT2D eigenvalue weighted by atomic mass is 16.3. The maximum absolute atomic E-state index is 12.3. The highest BCUT2D eigenvalue weighted by Crippen LogP contribution is 2.18. The lowest BCUT2D eigenvalue weighted by Crippen LogP contribution is -2.34. The molecule has 146 valence electrons. The minimum atomic E-state index is -0.393. The zero-order valence-electron chi connectivity index (χ0n) is 15.9. The molecule has 1 amide bonds. The largest absolute Gasteiger partial charge is 0.395 e. The van der Waals surface area contributed by atoms with E-state index in [-0.39, 0.29) is 18.2 Å². The number of amides is 1. The number of aliphatic hydroxyl groups excluding tert-OH is 1. The molecule has 0 radical (unpaired) electrons. The Bertz CT molecular complexity index is 857. The van der Waals surface area contributed by atoms with Crippen molar-refractivity contribution >= 4 is 5.91 Å². The Morgan fingerprint density at radius 1 is 1.41 bits per heavy atom. The monoisotopic (exact) mass is 373 g/mol. The molecule has 8 heteroatoms. The molecule has 8 nitrogen and oxygen atoms in total. The maximum Gasteiger partial charge on any atom is 0.261 e. The first-order valence-corrected chi connectivity index (χ1v) is 9.34. The van der Waals surface area contributed by atoms with E-state index in [4.69, 9.17) is 0 Å². The van der Waals surface area contributed by atoms with Crippen LogP contribution in [0.5, 0.6) is 0 Å². The molecule has 3 rings (SSSR count). The van der Waals surface area contributed by atoms with Crippen molar-refractivity contribution in [1.82, 2.24) is 25.0 Å². The lowest BCUT2D eigenvalue weighted by molar-refractivity contribution is 0.0950. The summed E-state index contributed by atoms with van der Waals surface area (Å²) in [5.41, 5.74) is 2.43. The average molecular weight is 373 g/mol. The summed E-state index contributed by atoms with van der Waals surface area (Å²) in [7, 11) is 0. The smallest absolute Gasteiger partial charge is 0.261 e. The van der Waals surface area contributed by atoms with E-state index < -0.39 is 11.5 Å². The van der Waals surface area contributed by atoms with E-state index in [0.29, 0.717) is 19.6 Å². The second-order valence-corrected chi connectivity index (χ2v) is 7.08. The van der Waals surface area contributed by atoms with Gasteiger partial charge in [0, 0.05) is 30.5 Å². The summed E-state index contributed by atoms with van der Waals surface area (Å²) in [6, 6.07) is 5.46. The van der Waals surface area contributed by atoms with Crippen LogP contribution >= 0.6 is 0 Å². The first kappa shape index (κ1) is 19.3. The van der Waals surface area contributed by atoms with E-state index in [9.17, 15) is 14.7 Å². The fourth-order valence-electron chi connectivity index (χ4n) is 3.59. The van der Waals surface area contributed by atoms with Crippen LogP contribution in [0.25, 0.3) is 0 Å². The van der Waals surface area contributed by atoms with Gasteiger partial charge in [0.1, 0.15) is 5.56 Å². The Kier molecular flexibility index (Phi) is 6.08. The SMILES string of the molecule is Cc1cc(C)n(CCNC(=O)c2ccc(CN3CCC[C@H]3CO)[nH]c2=O)n1. The molecule has 0 saturated carbocycles. The van der Waals surface area contributed by atoms with Crippen molar-refractivity contribution in [2.45, 2.75) is 45.8 Å². The minimum absolute atomic E-state index is 0.104. The van der Waals surface area contributed by atoms with Gasteiger partial charge >= 0.3 is 0 Å². The number of H-pyrrole nitrogens is 1. The van der Waals surface area contributed by atoms with Crippen molar-refractivity contribution in [3.05, 3.63) is 51.2 Å². The van der Waals surface area contributed by atoms with Gasteiger partial charge in [-0.15, -0.1) is 0 Å². The second kappa shape index (κ2) is 8.49. The normalized spacial score (nSPS) is 17.4. The highest BCUT2D eigenvalue weighted by Gasteiger charge is 2.24. The van der Waals surface area contributed by atoms with Crippen LogP contribution in [-0.4, -0.2) is 56.4 Å². The number of hydrogen-bond donors (Lipinski definition) is 3. The molecule has 3 N–H and O–H groups in total. The number of rotatable bonds is 7. The summed E-state index contributed by atoms with van der Waals surface area (Å²) >= 11 is 0. The molecule has 1 atom stereocenters. The number of carbonyl (C=O) groups is 1. The maximum atomic E-state index is 12.3. The number of aryl methyl sites for hydroxylation is 2. The van der Waals surface area contributed by atoms with E-state index in [1.165, 1.54) is 0 Å². The molecule has 0 bridgehead atoms. The molecule has 0 aromatic carbocycles. The molecule has 1 saturated heterocycles. The molecule has 3 heterocycles. The van der Waals surface area contributed by atoms with Crippen LogP contribution in [-0.2, 0) is 13.1 Å². The minimum Gasteiger partial charge on any atom is -0.395 e. The third-order valence-corrected chi connectivity index (χ3v) is 5.01. The second-order valence-electron chi connectivity index (χ2n) is 7.08.